The van der Waals surface area contributed by atoms with Gasteiger partial charge in [0.05, 0.1) is 12.8 Å². The van der Waals surface area contributed by atoms with E-state index in [-0.39, 0.29) is 17.6 Å². The minimum absolute atomic E-state index is 0.247. The number of amides is 2. The first-order valence-corrected chi connectivity index (χ1v) is 8.75. The van der Waals surface area contributed by atoms with Crippen LogP contribution in [-0.4, -0.2) is 18.9 Å². The van der Waals surface area contributed by atoms with E-state index in [0.29, 0.717) is 34.2 Å². The van der Waals surface area contributed by atoms with Crippen molar-refractivity contribution in [2.24, 2.45) is 0 Å². The van der Waals surface area contributed by atoms with Gasteiger partial charge in [0.15, 0.2) is 0 Å². The highest BCUT2D eigenvalue weighted by atomic mass is 19.1. The van der Waals surface area contributed by atoms with Crippen LogP contribution in [0.5, 0.6) is 17.2 Å². The number of methoxy groups -OCH3 is 1. The predicted molar refractivity (Wildman–Crippen MR) is 108 cm³/mol. The lowest BCUT2D eigenvalue weighted by Crippen LogP contribution is -2.13. The zero-order chi connectivity index (χ0) is 20.8. The Balaban J connectivity index is 1.69. The normalized spacial score (nSPS) is 10.2. The molecule has 148 valence electrons. The Hall–Kier alpha value is -3.87. The van der Waals surface area contributed by atoms with Crippen LogP contribution in [-0.2, 0) is 4.79 Å². The van der Waals surface area contributed by atoms with Crippen molar-refractivity contribution in [1.82, 2.24) is 0 Å². The lowest BCUT2D eigenvalue weighted by atomic mass is 10.2. The Kier molecular flexibility index (Phi) is 6.09. The molecular weight excluding hydrogens is 375 g/mol. The summed E-state index contributed by atoms with van der Waals surface area (Å²) in [6.07, 6.45) is 0. The van der Waals surface area contributed by atoms with Crippen LogP contribution < -0.4 is 20.1 Å². The van der Waals surface area contributed by atoms with Gasteiger partial charge in [-0.15, -0.1) is 0 Å². The van der Waals surface area contributed by atoms with Crippen LogP contribution in [0.25, 0.3) is 0 Å². The summed E-state index contributed by atoms with van der Waals surface area (Å²) >= 11 is 0. The smallest absolute Gasteiger partial charge is 0.255 e. The van der Waals surface area contributed by atoms with Crippen molar-refractivity contribution >= 4 is 23.2 Å². The molecule has 0 spiro atoms. The quantitative estimate of drug-likeness (QED) is 0.627. The molecule has 0 aliphatic rings. The van der Waals surface area contributed by atoms with Gasteiger partial charge in [-0.2, -0.15) is 0 Å². The number of hydrogen-bond donors (Lipinski definition) is 2. The van der Waals surface area contributed by atoms with Gasteiger partial charge in [0.25, 0.3) is 5.91 Å². The van der Waals surface area contributed by atoms with Crippen molar-refractivity contribution in [2.75, 3.05) is 17.7 Å². The van der Waals surface area contributed by atoms with Crippen LogP contribution in [0.4, 0.5) is 15.8 Å². The number of carbonyl (C=O) groups excluding carboxylic acids is 2. The molecule has 3 aromatic carbocycles. The molecule has 3 aromatic rings. The van der Waals surface area contributed by atoms with Crippen molar-refractivity contribution in [2.45, 2.75) is 6.92 Å². The van der Waals surface area contributed by atoms with Crippen LogP contribution in [0.15, 0.2) is 66.7 Å². The van der Waals surface area contributed by atoms with Gasteiger partial charge in [-0.3, -0.25) is 9.59 Å². The third kappa shape index (κ3) is 5.32. The molecule has 3 rings (SSSR count). The zero-order valence-corrected chi connectivity index (χ0v) is 15.9. The zero-order valence-electron chi connectivity index (χ0n) is 15.9. The Bertz CT molecular complexity index is 1020. The average molecular weight is 394 g/mol. The minimum atomic E-state index is -0.343. The van der Waals surface area contributed by atoms with Gasteiger partial charge in [-0.1, -0.05) is 0 Å². The topological polar surface area (TPSA) is 76.7 Å². The summed E-state index contributed by atoms with van der Waals surface area (Å²) in [6.45, 7) is 1.39. The molecule has 0 saturated carbocycles. The number of rotatable bonds is 6. The molecule has 0 aliphatic carbocycles. The van der Waals surface area contributed by atoms with Crippen molar-refractivity contribution in [3.05, 3.63) is 78.1 Å². The first-order valence-electron chi connectivity index (χ1n) is 8.75. The Morgan fingerprint density at radius 3 is 2.07 bits per heavy atom. The summed E-state index contributed by atoms with van der Waals surface area (Å²) < 4.78 is 23.8. The van der Waals surface area contributed by atoms with E-state index in [1.165, 1.54) is 38.3 Å². The molecule has 0 saturated heterocycles. The number of nitrogens with one attached hydrogen (secondary N) is 2. The largest absolute Gasteiger partial charge is 0.495 e. The second-order valence-electron chi connectivity index (χ2n) is 6.13. The van der Waals surface area contributed by atoms with Crippen LogP contribution in [0.2, 0.25) is 0 Å². The molecule has 0 fully saturated rings. The molecule has 7 heteroatoms. The fourth-order valence-corrected chi connectivity index (χ4v) is 2.59. The predicted octanol–water partition coefficient (Wildman–Crippen LogP) is 4.84. The van der Waals surface area contributed by atoms with E-state index in [9.17, 15) is 14.0 Å². The van der Waals surface area contributed by atoms with E-state index in [2.05, 4.69) is 10.6 Å². The van der Waals surface area contributed by atoms with Crippen LogP contribution in [0.1, 0.15) is 17.3 Å². The minimum Gasteiger partial charge on any atom is -0.495 e. The number of benzene rings is 3. The highest BCUT2D eigenvalue weighted by Crippen LogP contribution is 2.28. The summed E-state index contributed by atoms with van der Waals surface area (Å²) in [5, 5.41) is 5.43. The van der Waals surface area contributed by atoms with E-state index in [1.807, 2.05) is 0 Å². The summed E-state index contributed by atoms with van der Waals surface area (Å²) in [5.74, 6) is 0.587. The van der Waals surface area contributed by atoms with Crippen LogP contribution in [0, 0.1) is 5.82 Å². The van der Waals surface area contributed by atoms with E-state index in [4.69, 9.17) is 9.47 Å². The molecular formula is C22H19FN2O4. The van der Waals surface area contributed by atoms with Gasteiger partial charge in [-0.05, 0) is 66.7 Å². The molecule has 0 aliphatic heterocycles. The highest BCUT2D eigenvalue weighted by Gasteiger charge is 2.10. The molecule has 0 unspecified atom stereocenters. The third-order valence-corrected chi connectivity index (χ3v) is 3.93. The first kappa shape index (κ1) is 19.9. The third-order valence-electron chi connectivity index (χ3n) is 3.93. The molecule has 0 atom stereocenters. The van der Waals surface area contributed by atoms with Gasteiger partial charge in [0, 0.05) is 18.2 Å². The molecule has 2 amide bonds. The molecule has 2 N–H and O–H groups in total. The highest BCUT2D eigenvalue weighted by molar-refractivity contribution is 6.05. The van der Waals surface area contributed by atoms with Gasteiger partial charge < -0.3 is 20.1 Å². The number of anilines is 2. The lowest BCUT2D eigenvalue weighted by Gasteiger charge is -2.12. The summed E-state index contributed by atoms with van der Waals surface area (Å²) in [4.78, 5) is 23.8. The average Bonchev–Trinajstić information content (AvgIpc) is 2.70. The van der Waals surface area contributed by atoms with Crippen molar-refractivity contribution < 1.29 is 23.5 Å². The van der Waals surface area contributed by atoms with E-state index in [1.54, 1.807) is 42.5 Å². The second kappa shape index (κ2) is 8.88. The van der Waals surface area contributed by atoms with Crippen molar-refractivity contribution in [3.63, 3.8) is 0 Å². The second-order valence-corrected chi connectivity index (χ2v) is 6.13. The molecule has 0 radical (unpaired) electrons. The van der Waals surface area contributed by atoms with Crippen molar-refractivity contribution in [3.8, 4) is 17.2 Å². The van der Waals surface area contributed by atoms with E-state index >= 15 is 0 Å². The summed E-state index contributed by atoms with van der Waals surface area (Å²) in [7, 11) is 1.49. The van der Waals surface area contributed by atoms with Gasteiger partial charge >= 0.3 is 0 Å². The Morgan fingerprint density at radius 1 is 0.862 bits per heavy atom. The number of ether oxygens (including phenoxy) is 2. The maximum Gasteiger partial charge on any atom is 0.255 e. The van der Waals surface area contributed by atoms with Gasteiger partial charge in [0.1, 0.15) is 23.1 Å². The summed E-state index contributed by atoms with van der Waals surface area (Å²) in [6, 6.07) is 17.1. The lowest BCUT2D eigenvalue weighted by molar-refractivity contribution is -0.114. The number of hydrogen-bond acceptors (Lipinski definition) is 4. The van der Waals surface area contributed by atoms with Crippen LogP contribution >= 0.6 is 0 Å². The number of carbonyl (C=O) groups is 2. The van der Waals surface area contributed by atoms with E-state index in [0.717, 1.165) is 0 Å². The molecule has 29 heavy (non-hydrogen) atoms. The van der Waals surface area contributed by atoms with E-state index < -0.39 is 0 Å². The Labute approximate surface area is 167 Å². The molecule has 0 aromatic heterocycles. The van der Waals surface area contributed by atoms with Gasteiger partial charge in [0.2, 0.25) is 5.91 Å². The fraction of sp³-hybridized carbons (Fsp3) is 0.0909. The van der Waals surface area contributed by atoms with Gasteiger partial charge in [-0.25, -0.2) is 4.39 Å². The fourth-order valence-electron chi connectivity index (χ4n) is 2.59. The first-order chi connectivity index (χ1) is 13.9. The standard InChI is InChI=1S/C22H19FN2O4/c1-14(26)24-20-13-17(7-12-21(20)28-2)25-22(27)15-3-8-18(9-4-15)29-19-10-5-16(23)6-11-19/h3-13H,1-2H3,(H,24,26)(H,25,27). The monoisotopic (exact) mass is 394 g/mol. The molecule has 0 bridgehead atoms. The molecule has 0 heterocycles. The van der Waals surface area contributed by atoms with Crippen molar-refractivity contribution in [1.29, 1.82) is 0 Å². The Morgan fingerprint density at radius 2 is 1.48 bits per heavy atom. The number of halogens is 1. The van der Waals surface area contributed by atoms with Crippen LogP contribution in [0.3, 0.4) is 0 Å². The SMILES string of the molecule is COc1ccc(NC(=O)c2ccc(Oc3ccc(F)cc3)cc2)cc1NC(C)=O. The molecule has 6 nitrogen and oxygen atoms in total. The maximum absolute atomic E-state index is 12.9. The maximum atomic E-state index is 12.9. The summed E-state index contributed by atoms with van der Waals surface area (Å²) in [5.41, 5.74) is 1.39.